The third-order valence-electron chi connectivity index (χ3n) is 3.99. The van der Waals surface area contributed by atoms with Crippen LogP contribution < -0.4 is 4.90 Å². The molecule has 2 atom stereocenters. The number of sulfone groups is 1. The van der Waals surface area contributed by atoms with E-state index in [-0.39, 0.29) is 30.2 Å². The molecule has 1 aliphatic heterocycles. The Kier molecular flexibility index (Phi) is 4.40. The number of nitrogens with zero attached hydrogens (tertiary/aromatic N) is 4. The Hall–Kier alpha value is -2.25. The van der Waals surface area contributed by atoms with Crippen LogP contribution in [0.15, 0.2) is 17.0 Å². The lowest BCUT2D eigenvalue weighted by atomic mass is 10.1. The van der Waals surface area contributed by atoms with Gasteiger partial charge >= 0.3 is 6.18 Å². The number of rotatable bonds is 3. The van der Waals surface area contributed by atoms with Gasteiger partial charge in [0.2, 0.25) is 0 Å². The Labute approximate surface area is 145 Å². The third kappa shape index (κ3) is 3.24. The van der Waals surface area contributed by atoms with Crippen molar-refractivity contribution in [1.82, 2.24) is 20.6 Å². The second-order valence-corrected chi connectivity index (χ2v) is 7.85. The Morgan fingerprint density at radius 1 is 1.23 bits per heavy atom. The lowest BCUT2D eigenvalue weighted by Crippen LogP contribution is -2.24. The highest BCUT2D eigenvalue weighted by Crippen LogP contribution is 2.43. The maximum atomic E-state index is 13.4. The summed E-state index contributed by atoms with van der Waals surface area (Å²) in [5.74, 6) is -0.276. The summed E-state index contributed by atoms with van der Waals surface area (Å²) in [6, 6.07) is 1.72. The molecule has 1 aliphatic rings. The molecule has 0 aliphatic carbocycles. The normalized spacial score (nSPS) is 21.4. The Bertz CT molecular complexity index is 907. The van der Waals surface area contributed by atoms with Gasteiger partial charge in [-0.2, -0.15) is 13.2 Å². The van der Waals surface area contributed by atoms with Crippen LogP contribution in [0.25, 0.3) is 11.4 Å². The fraction of sp³-hybridized carbons (Fsp3) is 0.462. The van der Waals surface area contributed by atoms with Crippen LogP contribution in [0.2, 0.25) is 0 Å². The molecule has 9 nitrogen and oxygen atoms in total. The molecule has 1 aromatic carbocycles. The summed E-state index contributed by atoms with van der Waals surface area (Å²) in [6.07, 6.45) is -6.52. The van der Waals surface area contributed by atoms with E-state index in [1.807, 2.05) is 0 Å². The largest absolute Gasteiger partial charge is 0.417 e. The minimum Gasteiger partial charge on any atom is -0.389 e. The van der Waals surface area contributed by atoms with Crippen LogP contribution in [-0.2, 0) is 16.0 Å². The quantitative estimate of drug-likeness (QED) is 0.655. The molecule has 26 heavy (non-hydrogen) atoms. The number of nitrogens with one attached hydrogen (secondary N) is 1. The first-order chi connectivity index (χ1) is 12.0. The van der Waals surface area contributed by atoms with Gasteiger partial charge in [-0.15, -0.1) is 5.10 Å². The smallest absolute Gasteiger partial charge is 0.389 e. The van der Waals surface area contributed by atoms with Crippen LogP contribution in [0, 0.1) is 0 Å². The number of aromatic nitrogens is 4. The minimum atomic E-state index is -4.93. The molecule has 0 radical (unpaired) electrons. The van der Waals surface area contributed by atoms with E-state index in [1.165, 1.54) is 4.90 Å². The molecular formula is C13H14F3N5O4S. The van der Waals surface area contributed by atoms with E-state index in [9.17, 15) is 31.8 Å². The predicted molar refractivity (Wildman–Crippen MR) is 82.0 cm³/mol. The van der Waals surface area contributed by atoms with Gasteiger partial charge in [0.05, 0.1) is 28.2 Å². The molecule has 2 aromatic rings. The lowest BCUT2D eigenvalue weighted by molar-refractivity contribution is -0.139. The monoisotopic (exact) mass is 393 g/mol. The molecule has 1 aromatic heterocycles. The number of aliphatic hydroxyl groups excluding tert-OH is 2. The molecule has 3 N–H and O–H groups in total. The molecule has 1 fully saturated rings. The standard InChI is InChI=1S/C13H14F3N5O4S/c1-26(24,25)11-6(13(14,15)16)2-3-7(10(11)12-17-19-20-18-12)21-4-8(22)9(23)5-21/h2-3,8-9,22-23H,4-5H2,1H3,(H,17,18,19,20)/t8-,9+. The molecule has 0 unspecified atom stereocenters. The van der Waals surface area contributed by atoms with Crippen molar-refractivity contribution in [2.75, 3.05) is 24.2 Å². The van der Waals surface area contributed by atoms with Crippen molar-refractivity contribution >= 4 is 15.5 Å². The zero-order chi connectivity index (χ0) is 19.3. The van der Waals surface area contributed by atoms with Crippen molar-refractivity contribution in [2.24, 2.45) is 0 Å². The van der Waals surface area contributed by atoms with E-state index in [0.29, 0.717) is 12.3 Å². The number of alkyl halides is 3. The van der Waals surface area contributed by atoms with Crippen LogP contribution in [0.5, 0.6) is 0 Å². The van der Waals surface area contributed by atoms with Crippen LogP contribution >= 0.6 is 0 Å². The van der Waals surface area contributed by atoms with Gasteiger partial charge in [-0.05, 0) is 22.6 Å². The first kappa shape index (κ1) is 18.5. The number of aromatic amines is 1. The Morgan fingerprint density at radius 2 is 1.85 bits per heavy atom. The minimum absolute atomic E-state index is 0.0487. The average molecular weight is 393 g/mol. The van der Waals surface area contributed by atoms with Crippen molar-refractivity contribution < 1.29 is 31.8 Å². The topological polar surface area (TPSA) is 132 Å². The van der Waals surface area contributed by atoms with Gasteiger partial charge in [-0.25, -0.2) is 13.5 Å². The molecule has 0 saturated carbocycles. The van der Waals surface area contributed by atoms with Crippen LogP contribution in [0.3, 0.4) is 0 Å². The second-order valence-electron chi connectivity index (χ2n) is 5.90. The van der Waals surface area contributed by atoms with Gasteiger partial charge in [-0.1, -0.05) is 0 Å². The average Bonchev–Trinajstić information content (AvgIpc) is 3.14. The SMILES string of the molecule is CS(=O)(=O)c1c(C(F)(F)F)ccc(N2C[C@@H](O)[C@@H](O)C2)c1-c1nnn[nH]1. The third-order valence-corrected chi connectivity index (χ3v) is 5.16. The number of hydrogen-bond acceptors (Lipinski definition) is 8. The summed E-state index contributed by atoms with van der Waals surface area (Å²) in [6.45, 7) is -0.186. The van der Waals surface area contributed by atoms with Crippen molar-refractivity contribution in [1.29, 1.82) is 0 Å². The van der Waals surface area contributed by atoms with Crippen molar-refractivity contribution in [3.63, 3.8) is 0 Å². The number of anilines is 1. The van der Waals surface area contributed by atoms with Crippen LogP contribution in [-0.4, -0.2) is 70.8 Å². The summed E-state index contributed by atoms with van der Waals surface area (Å²) in [5, 5.41) is 31.9. The molecule has 0 bridgehead atoms. The number of β-amino-alcohol motifs (C(OH)–C–C–N with tert-alkyl or cyclic N) is 2. The zero-order valence-electron chi connectivity index (χ0n) is 13.3. The fourth-order valence-corrected chi connectivity index (χ4v) is 4.06. The highest BCUT2D eigenvalue weighted by atomic mass is 32.2. The fourth-order valence-electron chi connectivity index (χ4n) is 2.90. The van der Waals surface area contributed by atoms with Gasteiger partial charge in [0.25, 0.3) is 0 Å². The summed E-state index contributed by atoms with van der Waals surface area (Å²) in [4.78, 5) is 0.402. The van der Waals surface area contributed by atoms with Crippen LogP contribution in [0.1, 0.15) is 5.56 Å². The van der Waals surface area contributed by atoms with Gasteiger partial charge in [-0.3, -0.25) is 0 Å². The molecule has 2 heterocycles. The van der Waals surface area contributed by atoms with Crippen LogP contribution in [0.4, 0.5) is 18.9 Å². The number of hydrogen-bond donors (Lipinski definition) is 3. The first-order valence-electron chi connectivity index (χ1n) is 7.29. The number of benzene rings is 1. The zero-order valence-corrected chi connectivity index (χ0v) is 14.1. The second kappa shape index (κ2) is 6.17. The summed E-state index contributed by atoms with van der Waals surface area (Å²) >= 11 is 0. The molecule has 13 heteroatoms. The lowest BCUT2D eigenvalue weighted by Gasteiger charge is -2.24. The van der Waals surface area contributed by atoms with E-state index in [0.717, 1.165) is 6.07 Å². The van der Waals surface area contributed by atoms with E-state index in [1.54, 1.807) is 0 Å². The highest BCUT2D eigenvalue weighted by Gasteiger charge is 2.41. The summed E-state index contributed by atoms with van der Waals surface area (Å²) in [5.41, 5.74) is -1.67. The maximum absolute atomic E-state index is 13.4. The molecular weight excluding hydrogens is 379 g/mol. The molecule has 3 rings (SSSR count). The van der Waals surface area contributed by atoms with Gasteiger partial charge in [0, 0.05) is 25.0 Å². The van der Waals surface area contributed by atoms with Gasteiger partial charge < -0.3 is 15.1 Å². The first-order valence-corrected chi connectivity index (χ1v) is 9.18. The number of H-pyrrole nitrogens is 1. The summed E-state index contributed by atoms with van der Waals surface area (Å²) < 4.78 is 64.7. The molecule has 0 amide bonds. The predicted octanol–water partition coefficient (Wildman–Crippen LogP) is -0.169. The Balaban J connectivity index is 2.34. The highest BCUT2D eigenvalue weighted by molar-refractivity contribution is 7.91. The molecule has 142 valence electrons. The maximum Gasteiger partial charge on any atom is 0.417 e. The van der Waals surface area contributed by atoms with Gasteiger partial charge in [0.1, 0.15) is 0 Å². The van der Waals surface area contributed by atoms with Crippen molar-refractivity contribution in [2.45, 2.75) is 23.3 Å². The number of tetrazole rings is 1. The molecule has 1 saturated heterocycles. The Morgan fingerprint density at radius 3 is 2.31 bits per heavy atom. The van der Waals surface area contributed by atoms with E-state index in [4.69, 9.17) is 0 Å². The molecule has 0 spiro atoms. The van der Waals surface area contributed by atoms with E-state index in [2.05, 4.69) is 20.6 Å². The summed E-state index contributed by atoms with van der Waals surface area (Å²) in [7, 11) is -4.34. The van der Waals surface area contributed by atoms with Crippen molar-refractivity contribution in [3.8, 4) is 11.4 Å². The van der Waals surface area contributed by atoms with E-state index < -0.39 is 38.7 Å². The van der Waals surface area contributed by atoms with E-state index >= 15 is 0 Å². The van der Waals surface area contributed by atoms with Crippen molar-refractivity contribution in [3.05, 3.63) is 17.7 Å². The number of aliphatic hydroxyl groups is 2. The number of halogens is 3. The van der Waals surface area contributed by atoms with Gasteiger partial charge in [0.15, 0.2) is 15.7 Å².